The van der Waals surface area contributed by atoms with Gasteiger partial charge in [-0.3, -0.25) is 4.99 Å². The molecule has 0 aliphatic carbocycles. The minimum absolute atomic E-state index is 0.252. The third-order valence-electron chi connectivity index (χ3n) is 3.83. The Morgan fingerprint density at radius 3 is 2.55 bits per heavy atom. The molecule has 1 aromatic rings. The molecule has 0 fully saturated rings. The average molecular weight is 277 g/mol. The van der Waals surface area contributed by atoms with Gasteiger partial charge in [-0.15, -0.1) is 0 Å². The normalized spacial score (nSPS) is 22.1. The number of hydrogen-bond donors (Lipinski definition) is 1. The number of benzene rings is 1. The Labute approximate surface area is 120 Å². The zero-order valence-electron chi connectivity index (χ0n) is 12.8. The van der Waals surface area contributed by atoms with Gasteiger partial charge in [0.2, 0.25) is 0 Å². The van der Waals surface area contributed by atoms with Crippen LogP contribution in [-0.2, 0) is 5.54 Å². The Hall–Kier alpha value is -1.91. The first-order chi connectivity index (χ1) is 9.43. The molecule has 0 saturated carbocycles. The van der Waals surface area contributed by atoms with Gasteiger partial charge in [0.05, 0.1) is 26.3 Å². The maximum atomic E-state index is 6.06. The Morgan fingerprint density at radius 1 is 1.30 bits per heavy atom. The smallest absolute Gasteiger partial charge is 0.192 e. The lowest BCUT2D eigenvalue weighted by Gasteiger charge is -2.40. The van der Waals surface area contributed by atoms with E-state index in [9.17, 15) is 0 Å². The molecule has 2 N–H and O–H groups in total. The summed E-state index contributed by atoms with van der Waals surface area (Å²) >= 11 is 0. The highest BCUT2D eigenvalue weighted by molar-refractivity contribution is 5.82. The van der Waals surface area contributed by atoms with E-state index >= 15 is 0 Å². The zero-order chi connectivity index (χ0) is 14.9. The lowest BCUT2D eigenvalue weighted by atomic mass is 9.89. The minimum atomic E-state index is -0.321. The molecule has 110 valence electrons. The lowest BCUT2D eigenvalue weighted by molar-refractivity contribution is 0.179. The van der Waals surface area contributed by atoms with Gasteiger partial charge in [-0.25, -0.2) is 0 Å². The van der Waals surface area contributed by atoms with E-state index in [0.29, 0.717) is 12.5 Å². The minimum Gasteiger partial charge on any atom is -0.497 e. The van der Waals surface area contributed by atoms with E-state index in [1.807, 2.05) is 18.2 Å². The molecule has 1 heterocycles. The van der Waals surface area contributed by atoms with Crippen LogP contribution in [0.2, 0.25) is 0 Å². The SMILES string of the molecule is COc1ccc(OC)c(C2(C)CN=C(N)N2C(C)C)c1. The highest BCUT2D eigenvalue weighted by atomic mass is 16.5. The van der Waals surface area contributed by atoms with Crippen LogP contribution >= 0.6 is 0 Å². The van der Waals surface area contributed by atoms with Gasteiger partial charge in [-0.05, 0) is 39.0 Å². The third kappa shape index (κ3) is 2.17. The summed E-state index contributed by atoms with van der Waals surface area (Å²) in [7, 11) is 3.33. The summed E-state index contributed by atoms with van der Waals surface area (Å²) in [5, 5.41) is 0. The topological polar surface area (TPSA) is 60.1 Å². The van der Waals surface area contributed by atoms with Crippen molar-refractivity contribution in [3.8, 4) is 11.5 Å². The summed E-state index contributed by atoms with van der Waals surface area (Å²) in [6.45, 7) is 6.96. The first-order valence-electron chi connectivity index (χ1n) is 6.75. The van der Waals surface area contributed by atoms with Gasteiger partial charge in [0, 0.05) is 11.6 Å². The monoisotopic (exact) mass is 277 g/mol. The Bertz CT molecular complexity index is 528. The van der Waals surface area contributed by atoms with Crippen LogP contribution in [0.5, 0.6) is 11.5 Å². The summed E-state index contributed by atoms with van der Waals surface area (Å²) in [5.41, 5.74) is 6.78. The predicted octanol–water partition coefficient (Wildman–Crippen LogP) is 1.96. The summed E-state index contributed by atoms with van der Waals surface area (Å²) in [5.74, 6) is 2.20. The van der Waals surface area contributed by atoms with Crippen molar-refractivity contribution in [3.05, 3.63) is 23.8 Å². The van der Waals surface area contributed by atoms with Gasteiger partial charge in [0.1, 0.15) is 11.5 Å². The van der Waals surface area contributed by atoms with Crippen molar-refractivity contribution in [2.75, 3.05) is 20.8 Å². The van der Waals surface area contributed by atoms with Crippen LogP contribution in [-0.4, -0.2) is 37.7 Å². The molecule has 0 bridgehead atoms. The second kappa shape index (κ2) is 5.23. The van der Waals surface area contributed by atoms with Crippen LogP contribution in [0.25, 0.3) is 0 Å². The van der Waals surface area contributed by atoms with Gasteiger partial charge in [-0.2, -0.15) is 0 Å². The summed E-state index contributed by atoms with van der Waals surface area (Å²) in [4.78, 5) is 6.55. The van der Waals surface area contributed by atoms with E-state index < -0.39 is 0 Å². The first-order valence-corrected chi connectivity index (χ1v) is 6.75. The van der Waals surface area contributed by atoms with Gasteiger partial charge in [-0.1, -0.05) is 0 Å². The van der Waals surface area contributed by atoms with E-state index in [4.69, 9.17) is 15.2 Å². The number of methoxy groups -OCH3 is 2. The average Bonchev–Trinajstić information content (AvgIpc) is 2.74. The van der Waals surface area contributed by atoms with Crippen LogP contribution in [0.15, 0.2) is 23.2 Å². The number of ether oxygens (including phenoxy) is 2. The van der Waals surface area contributed by atoms with Crippen LogP contribution in [0, 0.1) is 0 Å². The molecular formula is C15H23N3O2. The van der Waals surface area contributed by atoms with Gasteiger partial charge >= 0.3 is 0 Å². The Morgan fingerprint density at radius 2 is 2.00 bits per heavy atom. The van der Waals surface area contributed by atoms with Crippen molar-refractivity contribution < 1.29 is 9.47 Å². The van der Waals surface area contributed by atoms with Crippen molar-refractivity contribution in [1.82, 2.24) is 4.90 Å². The number of nitrogens with zero attached hydrogens (tertiary/aromatic N) is 2. The summed E-state index contributed by atoms with van der Waals surface area (Å²) in [6, 6.07) is 6.07. The lowest BCUT2D eigenvalue weighted by Crippen LogP contribution is -2.51. The quantitative estimate of drug-likeness (QED) is 0.914. The van der Waals surface area contributed by atoms with E-state index in [1.165, 1.54) is 0 Å². The Balaban J connectivity index is 2.54. The van der Waals surface area contributed by atoms with Gasteiger partial charge in [0.15, 0.2) is 5.96 Å². The van der Waals surface area contributed by atoms with Crippen molar-refractivity contribution in [2.24, 2.45) is 10.7 Å². The molecular weight excluding hydrogens is 254 g/mol. The van der Waals surface area contributed by atoms with Crippen LogP contribution < -0.4 is 15.2 Å². The van der Waals surface area contributed by atoms with E-state index in [0.717, 1.165) is 17.1 Å². The van der Waals surface area contributed by atoms with Crippen molar-refractivity contribution in [3.63, 3.8) is 0 Å². The number of nitrogens with two attached hydrogens (primary N) is 1. The van der Waals surface area contributed by atoms with Crippen molar-refractivity contribution in [1.29, 1.82) is 0 Å². The number of rotatable bonds is 4. The fourth-order valence-electron chi connectivity index (χ4n) is 2.92. The molecule has 5 nitrogen and oxygen atoms in total. The first kappa shape index (κ1) is 14.5. The number of hydrogen-bond acceptors (Lipinski definition) is 5. The van der Waals surface area contributed by atoms with Crippen LogP contribution in [0.1, 0.15) is 26.3 Å². The molecule has 20 heavy (non-hydrogen) atoms. The second-order valence-electron chi connectivity index (χ2n) is 5.48. The maximum Gasteiger partial charge on any atom is 0.192 e. The van der Waals surface area contributed by atoms with E-state index in [2.05, 4.69) is 30.7 Å². The summed E-state index contributed by atoms with van der Waals surface area (Å²) in [6.07, 6.45) is 0. The highest BCUT2D eigenvalue weighted by Gasteiger charge is 2.42. The standard InChI is InChI=1S/C15H23N3O2/c1-10(2)18-14(16)17-9-15(18,3)12-8-11(19-4)6-7-13(12)20-5/h6-8,10H,9H2,1-5H3,(H2,16,17). The number of guanidine groups is 1. The molecule has 1 unspecified atom stereocenters. The van der Waals surface area contributed by atoms with Gasteiger partial charge in [0.25, 0.3) is 0 Å². The summed E-state index contributed by atoms with van der Waals surface area (Å²) < 4.78 is 10.9. The molecule has 1 aliphatic rings. The predicted molar refractivity (Wildman–Crippen MR) is 80.4 cm³/mol. The molecule has 0 radical (unpaired) electrons. The van der Waals surface area contributed by atoms with E-state index in [1.54, 1.807) is 14.2 Å². The fourth-order valence-corrected chi connectivity index (χ4v) is 2.92. The molecule has 0 spiro atoms. The molecule has 0 amide bonds. The maximum absolute atomic E-state index is 6.06. The van der Waals surface area contributed by atoms with E-state index in [-0.39, 0.29) is 11.6 Å². The molecule has 1 atom stereocenters. The third-order valence-corrected chi connectivity index (χ3v) is 3.83. The largest absolute Gasteiger partial charge is 0.497 e. The molecule has 1 aliphatic heterocycles. The van der Waals surface area contributed by atoms with Crippen molar-refractivity contribution >= 4 is 5.96 Å². The van der Waals surface area contributed by atoms with Crippen LogP contribution in [0.3, 0.4) is 0 Å². The second-order valence-corrected chi connectivity index (χ2v) is 5.48. The van der Waals surface area contributed by atoms with Crippen LogP contribution in [0.4, 0.5) is 0 Å². The number of aliphatic imine (C=N–C) groups is 1. The fraction of sp³-hybridized carbons (Fsp3) is 0.533. The molecule has 1 aromatic carbocycles. The van der Waals surface area contributed by atoms with Crippen molar-refractivity contribution in [2.45, 2.75) is 32.4 Å². The Kier molecular flexibility index (Phi) is 3.79. The molecule has 2 rings (SSSR count). The molecule has 0 saturated heterocycles. The molecule has 5 heteroatoms. The molecule has 0 aromatic heterocycles. The van der Waals surface area contributed by atoms with Gasteiger partial charge < -0.3 is 20.1 Å². The highest BCUT2D eigenvalue weighted by Crippen LogP contribution is 2.40. The zero-order valence-corrected chi connectivity index (χ0v) is 12.8.